The summed E-state index contributed by atoms with van der Waals surface area (Å²) in [5.41, 5.74) is 0.519. The quantitative estimate of drug-likeness (QED) is 0.366. The summed E-state index contributed by atoms with van der Waals surface area (Å²) in [6.07, 6.45) is 3.20. The molecule has 0 aliphatic rings. The third-order valence-corrected chi connectivity index (χ3v) is 3.20. The van der Waals surface area contributed by atoms with Gasteiger partial charge in [0.2, 0.25) is 5.16 Å². The van der Waals surface area contributed by atoms with E-state index in [1.807, 2.05) is 0 Å². The van der Waals surface area contributed by atoms with Gasteiger partial charge in [0.05, 0.1) is 11.1 Å². The summed E-state index contributed by atoms with van der Waals surface area (Å²) in [6.45, 7) is 1.55. The first-order valence-corrected chi connectivity index (χ1v) is 7.04. The summed E-state index contributed by atoms with van der Waals surface area (Å²) < 4.78 is 1.15. The molecule has 1 aromatic carbocycles. The summed E-state index contributed by atoms with van der Waals surface area (Å²) in [6, 6.07) is 5.84. The van der Waals surface area contributed by atoms with Crippen LogP contribution in [0.3, 0.4) is 0 Å². The molecule has 0 aliphatic heterocycles. The van der Waals surface area contributed by atoms with E-state index in [4.69, 9.17) is 0 Å². The lowest BCUT2D eigenvalue weighted by Crippen LogP contribution is -2.23. The fraction of sp³-hybridized carbons (Fsp3) is 0.167. The Morgan fingerprint density at radius 2 is 2.00 bits per heavy atom. The van der Waals surface area contributed by atoms with Gasteiger partial charge in [-0.05, 0) is 30.9 Å². The number of nitro benzene ring substituents is 1. The number of nitro groups is 1. The van der Waals surface area contributed by atoms with Crippen molar-refractivity contribution in [2.45, 2.75) is 12.1 Å². The van der Waals surface area contributed by atoms with E-state index in [0.29, 0.717) is 10.7 Å². The van der Waals surface area contributed by atoms with Gasteiger partial charge in [0.1, 0.15) is 5.69 Å². The van der Waals surface area contributed by atoms with Crippen molar-refractivity contribution in [3.8, 4) is 0 Å². The van der Waals surface area contributed by atoms with E-state index in [9.17, 15) is 14.9 Å². The molecule has 0 fully saturated rings. The predicted molar refractivity (Wildman–Crippen MR) is 78.9 cm³/mol. The fourth-order valence-corrected chi connectivity index (χ4v) is 1.90. The maximum absolute atomic E-state index is 12.0. The van der Waals surface area contributed by atoms with Crippen LogP contribution in [0.1, 0.15) is 11.3 Å². The zero-order valence-electron chi connectivity index (χ0n) is 11.3. The molecule has 108 valence electrons. The van der Waals surface area contributed by atoms with Gasteiger partial charge < -0.3 is 0 Å². The van der Waals surface area contributed by atoms with Crippen molar-refractivity contribution < 1.29 is 4.92 Å². The lowest BCUT2D eigenvalue weighted by Gasteiger charge is -2.03. The first-order chi connectivity index (χ1) is 10.0. The van der Waals surface area contributed by atoms with Gasteiger partial charge in [0.15, 0.2) is 0 Å². The zero-order chi connectivity index (χ0) is 15.4. The number of hydrogen-bond donors (Lipinski definition) is 0. The summed E-state index contributed by atoms with van der Waals surface area (Å²) >= 11 is 1.25. The van der Waals surface area contributed by atoms with Crippen LogP contribution in [-0.4, -0.2) is 32.3 Å². The molecule has 8 nitrogen and oxygen atoms in total. The fourth-order valence-electron chi connectivity index (χ4n) is 1.48. The van der Waals surface area contributed by atoms with Crippen LogP contribution in [0.25, 0.3) is 0 Å². The number of thioether (sulfide) groups is 1. The van der Waals surface area contributed by atoms with Gasteiger partial charge in [-0.2, -0.15) is 9.78 Å². The van der Waals surface area contributed by atoms with Crippen molar-refractivity contribution in [3.05, 3.63) is 56.0 Å². The maximum Gasteiger partial charge on any atom is 0.296 e. The molecular weight excluding hydrogens is 294 g/mol. The van der Waals surface area contributed by atoms with E-state index in [1.165, 1.54) is 30.1 Å². The molecule has 0 N–H and O–H groups in total. The van der Waals surface area contributed by atoms with Gasteiger partial charge in [0, 0.05) is 12.1 Å². The van der Waals surface area contributed by atoms with E-state index in [0.717, 1.165) is 4.68 Å². The first-order valence-electron chi connectivity index (χ1n) is 5.82. The van der Waals surface area contributed by atoms with Crippen molar-refractivity contribution in [1.29, 1.82) is 0 Å². The summed E-state index contributed by atoms with van der Waals surface area (Å²) in [4.78, 5) is 22.0. The predicted octanol–water partition coefficient (Wildman–Crippen LogP) is 1.46. The van der Waals surface area contributed by atoms with Gasteiger partial charge in [-0.15, -0.1) is 10.2 Å². The number of aryl methyl sites for hydroxylation is 1. The van der Waals surface area contributed by atoms with Crippen LogP contribution in [-0.2, 0) is 0 Å². The average molecular weight is 305 g/mol. The van der Waals surface area contributed by atoms with Crippen molar-refractivity contribution >= 4 is 23.7 Å². The van der Waals surface area contributed by atoms with Crippen molar-refractivity contribution in [1.82, 2.24) is 14.9 Å². The van der Waals surface area contributed by atoms with Gasteiger partial charge in [-0.1, -0.05) is 11.8 Å². The Morgan fingerprint density at radius 1 is 1.33 bits per heavy atom. The van der Waals surface area contributed by atoms with E-state index in [-0.39, 0.29) is 16.9 Å². The van der Waals surface area contributed by atoms with Crippen LogP contribution < -0.4 is 5.56 Å². The summed E-state index contributed by atoms with van der Waals surface area (Å²) in [7, 11) is 0. The lowest BCUT2D eigenvalue weighted by molar-refractivity contribution is -0.384. The molecule has 21 heavy (non-hydrogen) atoms. The Bertz CT molecular complexity index is 754. The second-order valence-corrected chi connectivity index (χ2v) is 4.76. The van der Waals surface area contributed by atoms with E-state index in [1.54, 1.807) is 25.3 Å². The van der Waals surface area contributed by atoms with E-state index in [2.05, 4.69) is 15.3 Å². The Kier molecular flexibility index (Phi) is 4.43. The highest BCUT2D eigenvalue weighted by Crippen LogP contribution is 2.11. The standard InChI is InChI=1S/C12H11N5O3S/c1-8-11(18)16(12(21-2)15-14-8)13-7-9-3-5-10(6-4-9)17(19)20/h3-7H,1-2H3/b13-7-. The minimum Gasteiger partial charge on any atom is -0.265 e. The minimum absolute atomic E-state index is 0.00413. The molecule has 9 heteroatoms. The van der Waals surface area contributed by atoms with Gasteiger partial charge in [-0.3, -0.25) is 14.9 Å². The highest BCUT2D eigenvalue weighted by Gasteiger charge is 2.07. The van der Waals surface area contributed by atoms with Crippen LogP contribution in [0, 0.1) is 17.0 Å². The third kappa shape index (κ3) is 3.31. The molecule has 1 heterocycles. The molecule has 0 spiro atoms. The largest absolute Gasteiger partial charge is 0.296 e. The second kappa shape index (κ2) is 6.27. The van der Waals surface area contributed by atoms with Crippen LogP contribution in [0.2, 0.25) is 0 Å². The summed E-state index contributed by atoms with van der Waals surface area (Å²) in [5, 5.41) is 22.6. The minimum atomic E-state index is -0.479. The molecule has 2 aromatic rings. The molecule has 0 saturated carbocycles. The number of aromatic nitrogens is 3. The SMILES string of the molecule is CSc1nnc(C)c(=O)n1/N=C\c1ccc([N+](=O)[O-])cc1. The number of benzene rings is 1. The topological polar surface area (TPSA) is 103 Å². The van der Waals surface area contributed by atoms with Crippen LogP contribution in [0.15, 0.2) is 39.3 Å². The average Bonchev–Trinajstić information content (AvgIpc) is 2.49. The maximum atomic E-state index is 12.0. The number of rotatable bonds is 4. The Labute approximate surface area is 123 Å². The molecule has 0 bridgehead atoms. The Hall–Kier alpha value is -2.55. The third-order valence-electron chi connectivity index (χ3n) is 2.58. The number of hydrogen-bond acceptors (Lipinski definition) is 7. The first kappa shape index (κ1) is 14.9. The van der Waals surface area contributed by atoms with E-state index >= 15 is 0 Å². The molecule has 0 unspecified atom stereocenters. The summed E-state index contributed by atoms with van der Waals surface area (Å²) in [5.74, 6) is 0. The van der Waals surface area contributed by atoms with E-state index < -0.39 is 4.92 Å². The molecule has 1 aromatic heterocycles. The number of non-ortho nitro benzene ring substituents is 1. The van der Waals surface area contributed by atoms with Crippen molar-refractivity contribution in [3.63, 3.8) is 0 Å². The lowest BCUT2D eigenvalue weighted by atomic mass is 10.2. The molecule has 0 radical (unpaired) electrons. The second-order valence-electron chi connectivity index (χ2n) is 3.98. The molecule has 0 aliphatic carbocycles. The smallest absolute Gasteiger partial charge is 0.265 e. The molecular formula is C12H11N5O3S. The normalized spacial score (nSPS) is 11.0. The Balaban J connectivity index is 2.35. The van der Waals surface area contributed by atoms with Crippen LogP contribution in [0.5, 0.6) is 0 Å². The molecule has 0 atom stereocenters. The number of nitrogens with zero attached hydrogens (tertiary/aromatic N) is 5. The van der Waals surface area contributed by atoms with Crippen molar-refractivity contribution in [2.24, 2.45) is 5.10 Å². The van der Waals surface area contributed by atoms with Gasteiger partial charge >= 0.3 is 0 Å². The monoisotopic (exact) mass is 305 g/mol. The molecule has 0 amide bonds. The van der Waals surface area contributed by atoms with Gasteiger partial charge in [-0.25, -0.2) is 0 Å². The van der Waals surface area contributed by atoms with Gasteiger partial charge in [0.25, 0.3) is 11.2 Å². The molecule has 2 rings (SSSR count). The van der Waals surface area contributed by atoms with Crippen LogP contribution >= 0.6 is 11.8 Å². The van der Waals surface area contributed by atoms with Crippen LogP contribution in [0.4, 0.5) is 5.69 Å². The Morgan fingerprint density at radius 3 is 2.57 bits per heavy atom. The highest BCUT2D eigenvalue weighted by molar-refractivity contribution is 7.98. The van der Waals surface area contributed by atoms with Crippen molar-refractivity contribution in [2.75, 3.05) is 6.26 Å². The highest BCUT2D eigenvalue weighted by atomic mass is 32.2. The molecule has 0 saturated heterocycles. The zero-order valence-corrected chi connectivity index (χ0v) is 12.1.